The molecule has 8 aliphatic rings. The Kier molecular flexibility index (Phi) is 10.3. The summed E-state index contributed by atoms with van der Waals surface area (Å²) in [5, 5.41) is 0. The van der Waals surface area contributed by atoms with Crippen LogP contribution in [0.3, 0.4) is 0 Å². The van der Waals surface area contributed by atoms with E-state index in [0.29, 0.717) is 27.1 Å². The van der Waals surface area contributed by atoms with E-state index >= 15 is 0 Å². The largest absolute Gasteiger partial charge is 0.0625 e. The summed E-state index contributed by atoms with van der Waals surface area (Å²) >= 11 is 0. The molecular weight excluding hydrogens is 577 g/mol. The standard InChI is InChI=1S/C48H82/c1-41-18-5-2-6-22-43(34-41)28-15-29-45(36-43)26-13-14-27-48(38-45)33-17-32-47(40-48)24-10-4-9-23-46(39-47)31-16-30-44(37-46)25-12-11-21-42(35-44)19-7-3-8-20-42/h41H,2-40H2,1H3. The highest BCUT2D eigenvalue weighted by Gasteiger charge is 2.56. The molecule has 0 saturated heterocycles. The second-order valence-electron chi connectivity index (χ2n) is 22.6. The average molecular weight is 659 g/mol. The SMILES string of the molecule is CC1CCCCCC2(CCCC3(CCCCC4(CCCC5(CCCCCC6(CCCC7(CCCCC8(CCCCC8)C7)C6)C5)C4)C3)C2)C1. The van der Waals surface area contributed by atoms with Gasteiger partial charge < -0.3 is 0 Å². The van der Waals surface area contributed by atoms with Crippen LogP contribution in [0.25, 0.3) is 0 Å². The van der Waals surface area contributed by atoms with Crippen molar-refractivity contribution in [3.63, 3.8) is 0 Å². The summed E-state index contributed by atoms with van der Waals surface area (Å²) in [4.78, 5) is 0. The Morgan fingerprint density at radius 2 is 0.500 bits per heavy atom. The third kappa shape index (κ3) is 7.43. The minimum Gasteiger partial charge on any atom is -0.0625 e. The predicted molar refractivity (Wildman–Crippen MR) is 206 cm³/mol. The Morgan fingerprint density at radius 3 is 0.917 bits per heavy atom. The van der Waals surface area contributed by atoms with E-state index < -0.39 is 0 Å². The van der Waals surface area contributed by atoms with E-state index in [0.717, 1.165) is 16.7 Å². The quantitative estimate of drug-likeness (QED) is 0.243. The van der Waals surface area contributed by atoms with Gasteiger partial charge >= 0.3 is 0 Å². The second kappa shape index (κ2) is 14.1. The first-order valence-electron chi connectivity index (χ1n) is 23.3. The Hall–Kier alpha value is 0. The molecule has 0 aliphatic heterocycles. The lowest BCUT2D eigenvalue weighted by molar-refractivity contribution is -0.0777. The van der Waals surface area contributed by atoms with Gasteiger partial charge in [0.05, 0.1) is 0 Å². The van der Waals surface area contributed by atoms with Crippen molar-refractivity contribution >= 4 is 0 Å². The maximum absolute atomic E-state index is 2.64. The Balaban J connectivity index is 1.04. The Labute approximate surface area is 300 Å². The summed E-state index contributed by atoms with van der Waals surface area (Å²) in [6.07, 6.45) is 62.0. The van der Waals surface area contributed by atoms with Crippen LogP contribution >= 0.6 is 0 Å². The van der Waals surface area contributed by atoms with Crippen molar-refractivity contribution < 1.29 is 0 Å². The van der Waals surface area contributed by atoms with Crippen LogP contribution in [0.1, 0.15) is 257 Å². The number of rotatable bonds is 0. The summed E-state index contributed by atoms with van der Waals surface area (Å²) in [5.74, 6) is 0.976. The normalized spacial score (nSPS) is 47.8. The Bertz CT molecular complexity index is 1070. The molecule has 0 nitrogen and oxygen atoms in total. The molecule has 8 rings (SSSR count). The van der Waals surface area contributed by atoms with Crippen molar-refractivity contribution in [3.05, 3.63) is 0 Å². The van der Waals surface area contributed by atoms with Gasteiger partial charge in [0.25, 0.3) is 0 Å². The molecule has 8 saturated carbocycles. The third-order valence-electron chi connectivity index (χ3n) is 18.6. The molecule has 48 heavy (non-hydrogen) atoms. The molecule has 0 heteroatoms. The highest BCUT2D eigenvalue weighted by Crippen LogP contribution is 2.69. The van der Waals surface area contributed by atoms with Gasteiger partial charge in [-0.3, -0.25) is 0 Å². The molecule has 0 N–H and O–H groups in total. The van der Waals surface area contributed by atoms with Gasteiger partial charge in [-0.1, -0.05) is 116 Å². The van der Waals surface area contributed by atoms with E-state index in [1.165, 1.54) is 25.7 Å². The van der Waals surface area contributed by atoms with Crippen LogP contribution in [0.15, 0.2) is 0 Å². The van der Waals surface area contributed by atoms with E-state index in [-0.39, 0.29) is 0 Å². The summed E-state index contributed by atoms with van der Waals surface area (Å²) in [7, 11) is 0. The highest BCUT2D eigenvalue weighted by atomic mass is 14.6. The summed E-state index contributed by atoms with van der Waals surface area (Å²) in [6.45, 7) is 2.64. The molecule has 7 spiro atoms. The molecule has 0 aromatic rings. The average Bonchev–Trinajstić information content (AvgIpc) is 3.30. The molecule has 0 amide bonds. The van der Waals surface area contributed by atoms with E-state index in [1.807, 2.05) is 0 Å². The van der Waals surface area contributed by atoms with Gasteiger partial charge in [0.2, 0.25) is 0 Å². The van der Waals surface area contributed by atoms with Crippen molar-refractivity contribution in [2.75, 3.05) is 0 Å². The van der Waals surface area contributed by atoms with Crippen LogP contribution < -0.4 is 0 Å². The van der Waals surface area contributed by atoms with Crippen molar-refractivity contribution in [2.24, 2.45) is 43.8 Å². The third-order valence-corrected chi connectivity index (χ3v) is 18.6. The number of hydrogen-bond acceptors (Lipinski definition) is 0. The fourth-order valence-electron chi connectivity index (χ4n) is 17.6. The molecule has 7 unspecified atom stereocenters. The summed E-state index contributed by atoms with van der Waals surface area (Å²) in [5.41, 5.74) is 4.97. The smallest absolute Gasteiger partial charge is 0.0287 e. The van der Waals surface area contributed by atoms with Gasteiger partial charge in [0.15, 0.2) is 0 Å². The molecule has 0 bridgehead atoms. The maximum atomic E-state index is 2.64. The van der Waals surface area contributed by atoms with Crippen molar-refractivity contribution in [1.82, 2.24) is 0 Å². The molecule has 8 fully saturated rings. The van der Waals surface area contributed by atoms with E-state index in [1.54, 1.807) is 225 Å². The van der Waals surface area contributed by atoms with Crippen molar-refractivity contribution in [1.29, 1.82) is 0 Å². The highest BCUT2D eigenvalue weighted by molar-refractivity contribution is 5.07. The maximum Gasteiger partial charge on any atom is -0.0287 e. The van der Waals surface area contributed by atoms with E-state index in [2.05, 4.69) is 6.92 Å². The summed E-state index contributed by atoms with van der Waals surface area (Å²) in [6, 6.07) is 0. The first kappa shape index (κ1) is 35.1. The van der Waals surface area contributed by atoms with Crippen LogP contribution in [0.5, 0.6) is 0 Å². The molecule has 0 heterocycles. The van der Waals surface area contributed by atoms with Crippen molar-refractivity contribution in [2.45, 2.75) is 257 Å². The van der Waals surface area contributed by atoms with Gasteiger partial charge in [0.1, 0.15) is 0 Å². The second-order valence-corrected chi connectivity index (χ2v) is 22.6. The van der Waals surface area contributed by atoms with Gasteiger partial charge in [-0.25, -0.2) is 0 Å². The van der Waals surface area contributed by atoms with Crippen LogP contribution in [0.4, 0.5) is 0 Å². The van der Waals surface area contributed by atoms with Crippen LogP contribution in [-0.2, 0) is 0 Å². The molecule has 274 valence electrons. The zero-order chi connectivity index (χ0) is 32.7. The van der Waals surface area contributed by atoms with Gasteiger partial charge in [0, 0.05) is 0 Å². The lowest BCUT2D eigenvalue weighted by Gasteiger charge is -2.59. The molecule has 0 radical (unpaired) electrons. The van der Waals surface area contributed by atoms with E-state index in [4.69, 9.17) is 0 Å². The minimum absolute atomic E-state index is 0.692. The molecule has 0 aromatic carbocycles. The van der Waals surface area contributed by atoms with Crippen LogP contribution in [0.2, 0.25) is 0 Å². The number of hydrogen-bond donors (Lipinski definition) is 0. The first-order valence-corrected chi connectivity index (χ1v) is 23.3. The van der Waals surface area contributed by atoms with Crippen LogP contribution in [0, 0.1) is 43.8 Å². The van der Waals surface area contributed by atoms with E-state index in [9.17, 15) is 0 Å². The van der Waals surface area contributed by atoms with Crippen LogP contribution in [-0.4, -0.2) is 0 Å². The lowest BCUT2D eigenvalue weighted by atomic mass is 9.46. The Morgan fingerprint density at radius 1 is 0.250 bits per heavy atom. The minimum atomic E-state index is 0.692. The van der Waals surface area contributed by atoms with Gasteiger partial charge in [-0.2, -0.15) is 0 Å². The monoisotopic (exact) mass is 659 g/mol. The first-order chi connectivity index (χ1) is 23.3. The van der Waals surface area contributed by atoms with Crippen molar-refractivity contribution in [3.8, 4) is 0 Å². The van der Waals surface area contributed by atoms with Gasteiger partial charge in [-0.05, 0) is 185 Å². The zero-order valence-corrected chi connectivity index (χ0v) is 32.7. The molecule has 7 atom stereocenters. The zero-order valence-electron chi connectivity index (χ0n) is 32.7. The molecule has 0 aromatic heterocycles. The fraction of sp³-hybridized carbons (Fsp3) is 1.00. The van der Waals surface area contributed by atoms with Gasteiger partial charge in [-0.15, -0.1) is 0 Å². The predicted octanol–water partition coefficient (Wildman–Crippen LogP) is 15.8. The topological polar surface area (TPSA) is 0 Å². The molecule has 8 aliphatic carbocycles. The summed E-state index contributed by atoms with van der Waals surface area (Å²) < 4.78 is 0. The fourth-order valence-corrected chi connectivity index (χ4v) is 17.6. The lowest BCUT2D eigenvalue weighted by Crippen LogP contribution is -2.47. The molecular formula is C48H82.